The number of nitrogen functional groups attached to an aromatic ring is 1. The van der Waals surface area contributed by atoms with Gasteiger partial charge in [0.05, 0.1) is 9.95 Å². The first kappa shape index (κ1) is 14.2. The molecule has 0 heterocycles. The van der Waals surface area contributed by atoms with E-state index in [0.717, 1.165) is 6.07 Å². The van der Waals surface area contributed by atoms with Crippen LogP contribution in [0.3, 0.4) is 0 Å². The van der Waals surface area contributed by atoms with E-state index in [4.69, 9.17) is 17.3 Å². The number of halogens is 1. The van der Waals surface area contributed by atoms with Crippen LogP contribution in [0.15, 0.2) is 12.1 Å². The zero-order valence-electron chi connectivity index (χ0n) is 10.1. The third kappa shape index (κ3) is 2.70. The van der Waals surface area contributed by atoms with Gasteiger partial charge in [0.15, 0.2) is 0 Å². The van der Waals surface area contributed by atoms with E-state index < -0.39 is 4.92 Å². The number of nitrogens with zero attached hydrogens (tertiary/aromatic N) is 2. The number of nitro groups is 1. The lowest BCUT2D eigenvalue weighted by Gasteiger charge is -2.18. The van der Waals surface area contributed by atoms with Crippen molar-refractivity contribution in [2.45, 2.75) is 13.8 Å². The maximum Gasteiger partial charge on any atom is 0.294 e. The summed E-state index contributed by atoms with van der Waals surface area (Å²) in [5, 5.41) is 10.8. The predicted octanol–water partition coefficient (Wildman–Crippen LogP) is 2.31. The second-order valence-electron chi connectivity index (χ2n) is 3.63. The lowest BCUT2D eigenvalue weighted by atomic mass is 10.1. The summed E-state index contributed by atoms with van der Waals surface area (Å²) in [6.07, 6.45) is 0. The van der Waals surface area contributed by atoms with Crippen LogP contribution in [0.5, 0.6) is 0 Å². The molecule has 0 aliphatic heterocycles. The number of benzene rings is 1. The smallest absolute Gasteiger partial charge is 0.294 e. The molecule has 0 aliphatic carbocycles. The van der Waals surface area contributed by atoms with Crippen molar-refractivity contribution in [2.24, 2.45) is 0 Å². The third-order valence-corrected chi connectivity index (χ3v) is 2.91. The zero-order chi connectivity index (χ0) is 13.9. The molecule has 0 aliphatic rings. The molecule has 6 nitrogen and oxygen atoms in total. The highest BCUT2D eigenvalue weighted by Crippen LogP contribution is 2.31. The summed E-state index contributed by atoms with van der Waals surface area (Å²) in [6.45, 7) is 4.69. The van der Waals surface area contributed by atoms with Crippen LogP contribution in [-0.2, 0) is 0 Å². The SMILES string of the molecule is CCN(CC)C(=O)c1cc(Cl)c(N)c([N+](=O)[O-])c1. The number of hydrogen-bond donors (Lipinski definition) is 1. The van der Waals surface area contributed by atoms with Crippen LogP contribution in [0.25, 0.3) is 0 Å². The number of anilines is 1. The van der Waals surface area contributed by atoms with Crippen LogP contribution in [0.2, 0.25) is 5.02 Å². The normalized spacial score (nSPS) is 10.2. The lowest BCUT2D eigenvalue weighted by Crippen LogP contribution is -2.30. The van der Waals surface area contributed by atoms with Gasteiger partial charge in [-0.1, -0.05) is 11.6 Å². The second kappa shape index (κ2) is 5.68. The number of carbonyl (C=O) groups is 1. The van der Waals surface area contributed by atoms with Crippen LogP contribution in [-0.4, -0.2) is 28.8 Å². The van der Waals surface area contributed by atoms with Crippen molar-refractivity contribution < 1.29 is 9.72 Å². The Morgan fingerprint density at radius 3 is 2.44 bits per heavy atom. The minimum atomic E-state index is -0.653. The number of hydrogen-bond acceptors (Lipinski definition) is 4. The summed E-state index contributed by atoms with van der Waals surface area (Å²) in [6, 6.07) is 2.51. The lowest BCUT2D eigenvalue weighted by molar-refractivity contribution is -0.383. The van der Waals surface area contributed by atoms with Gasteiger partial charge in [0, 0.05) is 24.7 Å². The molecule has 0 saturated carbocycles. The van der Waals surface area contributed by atoms with Gasteiger partial charge in [0.1, 0.15) is 5.69 Å². The Hall–Kier alpha value is -1.82. The summed E-state index contributed by atoms with van der Waals surface area (Å²) in [4.78, 5) is 23.7. The van der Waals surface area contributed by atoms with Crippen molar-refractivity contribution >= 4 is 28.9 Å². The van der Waals surface area contributed by atoms with Gasteiger partial charge < -0.3 is 10.6 Å². The Morgan fingerprint density at radius 2 is 2.00 bits per heavy atom. The Morgan fingerprint density at radius 1 is 1.44 bits per heavy atom. The highest BCUT2D eigenvalue weighted by Gasteiger charge is 2.21. The zero-order valence-corrected chi connectivity index (χ0v) is 10.9. The van der Waals surface area contributed by atoms with E-state index in [1.165, 1.54) is 6.07 Å². The molecular weight excluding hydrogens is 258 g/mol. The molecule has 0 spiro atoms. The predicted molar refractivity (Wildman–Crippen MR) is 69.8 cm³/mol. The van der Waals surface area contributed by atoms with Gasteiger partial charge in [-0.25, -0.2) is 0 Å². The molecule has 0 unspecified atom stereocenters. The van der Waals surface area contributed by atoms with Crippen molar-refractivity contribution in [1.29, 1.82) is 0 Å². The first-order valence-corrected chi connectivity index (χ1v) is 5.82. The van der Waals surface area contributed by atoms with Gasteiger partial charge in [-0.05, 0) is 19.9 Å². The van der Waals surface area contributed by atoms with Crippen LogP contribution in [0, 0.1) is 10.1 Å². The van der Waals surface area contributed by atoms with Crippen molar-refractivity contribution in [3.8, 4) is 0 Å². The fourth-order valence-corrected chi connectivity index (χ4v) is 1.79. The molecule has 1 aromatic carbocycles. The van der Waals surface area contributed by atoms with Gasteiger partial charge in [0.25, 0.3) is 11.6 Å². The van der Waals surface area contributed by atoms with Crippen LogP contribution >= 0.6 is 11.6 Å². The van der Waals surface area contributed by atoms with Crippen molar-refractivity contribution in [1.82, 2.24) is 4.90 Å². The number of nitrogens with two attached hydrogens (primary N) is 1. The standard InChI is InChI=1S/C11H14ClN3O3/c1-3-14(4-2)11(16)7-5-8(12)10(13)9(6-7)15(17)18/h5-6H,3-4,13H2,1-2H3. The van der Waals surface area contributed by atoms with Crippen LogP contribution < -0.4 is 5.73 Å². The fraction of sp³-hybridized carbons (Fsp3) is 0.364. The molecule has 0 fully saturated rings. The molecule has 7 heteroatoms. The maximum atomic E-state index is 12.0. The fourth-order valence-electron chi connectivity index (χ4n) is 1.57. The van der Waals surface area contributed by atoms with E-state index >= 15 is 0 Å². The van der Waals surface area contributed by atoms with Gasteiger partial charge in [0.2, 0.25) is 0 Å². The topological polar surface area (TPSA) is 89.5 Å². The Bertz CT molecular complexity index is 487. The Balaban J connectivity index is 3.26. The quantitative estimate of drug-likeness (QED) is 0.517. The molecule has 18 heavy (non-hydrogen) atoms. The molecule has 2 N–H and O–H groups in total. The van der Waals surface area contributed by atoms with Crippen molar-refractivity contribution in [2.75, 3.05) is 18.8 Å². The molecule has 1 aromatic rings. The highest BCUT2D eigenvalue weighted by atomic mass is 35.5. The van der Waals surface area contributed by atoms with E-state index in [1.54, 1.807) is 4.90 Å². The van der Waals surface area contributed by atoms with Gasteiger partial charge >= 0.3 is 0 Å². The highest BCUT2D eigenvalue weighted by molar-refractivity contribution is 6.34. The molecule has 98 valence electrons. The minimum Gasteiger partial charge on any atom is -0.392 e. The summed E-state index contributed by atoms with van der Waals surface area (Å²) in [5.41, 5.74) is 5.19. The molecule has 0 radical (unpaired) electrons. The molecule has 1 rings (SSSR count). The average molecular weight is 272 g/mol. The summed E-state index contributed by atoms with van der Waals surface area (Å²) < 4.78 is 0. The van der Waals surface area contributed by atoms with Crippen LogP contribution in [0.4, 0.5) is 11.4 Å². The molecule has 0 saturated heterocycles. The molecule has 1 amide bonds. The van der Waals surface area contributed by atoms with Crippen molar-refractivity contribution in [3.05, 3.63) is 32.8 Å². The Kier molecular flexibility index (Phi) is 4.49. The minimum absolute atomic E-state index is 0.0136. The molecule has 0 aromatic heterocycles. The number of nitro benzene ring substituents is 1. The second-order valence-corrected chi connectivity index (χ2v) is 4.03. The van der Waals surface area contributed by atoms with Crippen molar-refractivity contribution in [3.63, 3.8) is 0 Å². The van der Waals surface area contributed by atoms with Crippen LogP contribution in [0.1, 0.15) is 24.2 Å². The van der Waals surface area contributed by atoms with E-state index in [9.17, 15) is 14.9 Å². The third-order valence-electron chi connectivity index (χ3n) is 2.60. The molecular formula is C11H14ClN3O3. The van der Waals surface area contributed by atoms with E-state index in [-0.39, 0.29) is 27.9 Å². The Labute approximate surface area is 109 Å². The van der Waals surface area contributed by atoms with E-state index in [2.05, 4.69) is 0 Å². The maximum absolute atomic E-state index is 12.0. The molecule has 0 atom stereocenters. The number of amides is 1. The average Bonchev–Trinajstić information content (AvgIpc) is 2.33. The monoisotopic (exact) mass is 271 g/mol. The first-order chi connectivity index (χ1) is 8.42. The summed E-state index contributed by atoms with van der Waals surface area (Å²) in [7, 11) is 0. The van der Waals surface area contributed by atoms with Gasteiger partial charge in [-0.2, -0.15) is 0 Å². The summed E-state index contributed by atoms with van der Waals surface area (Å²) >= 11 is 5.80. The largest absolute Gasteiger partial charge is 0.392 e. The van der Waals surface area contributed by atoms with Gasteiger partial charge in [-0.15, -0.1) is 0 Å². The summed E-state index contributed by atoms with van der Waals surface area (Å²) in [5.74, 6) is -0.301. The number of rotatable bonds is 4. The van der Waals surface area contributed by atoms with E-state index in [0.29, 0.717) is 13.1 Å². The first-order valence-electron chi connectivity index (χ1n) is 5.45. The van der Waals surface area contributed by atoms with E-state index in [1.807, 2.05) is 13.8 Å². The van der Waals surface area contributed by atoms with Gasteiger partial charge in [-0.3, -0.25) is 14.9 Å². The number of carbonyl (C=O) groups excluding carboxylic acids is 1. The molecule has 0 bridgehead atoms.